The minimum absolute atomic E-state index is 0.238. The van der Waals surface area contributed by atoms with Gasteiger partial charge in [-0.05, 0) is 67.9 Å². The van der Waals surface area contributed by atoms with Gasteiger partial charge >= 0.3 is 5.97 Å². The fraction of sp³-hybridized carbons (Fsp3) is 0.478. The van der Waals surface area contributed by atoms with Crippen LogP contribution in [0.3, 0.4) is 0 Å². The number of carboxylic acid groups (broad SMARTS) is 1. The molecule has 6 heteroatoms. The van der Waals surface area contributed by atoms with E-state index in [1.807, 2.05) is 0 Å². The fourth-order valence-corrected chi connectivity index (χ4v) is 4.00. The molecule has 4 rings (SSSR count). The number of aryl methyl sites for hydroxylation is 2. The van der Waals surface area contributed by atoms with Crippen molar-refractivity contribution in [2.75, 3.05) is 37.5 Å². The van der Waals surface area contributed by atoms with Crippen molar-refractivity contribution in [1.82, 2.24) is 4.98 Å². The van der Waals surface area contributed by atoms with Crippen LogP contribution in [0.25, 0.3) is 0 Å². The fourth-order valence-electron chi connectivity index (χ4n) is 4.00. The van der Waals surface area contributed by atoms with Crippen LogP contribution < -0.4 is 10.2 Å². The summed E-state index contributed by atoms with van der Waals surface area (Å²) in [6, 6.07) is 9.18. The molecular weight excluding hydrogens is 366 g/mol. The van der Waals surface area contributed by atoms with Gasteiger partial charge in [0.05, 0.1) is 17.4 Å². The molecule has 1 fully saturated rings. The highest BCUT2D eigenvalue weighted by molar-refractivity contribution is 5.93. The Kier molecular flexibility index (Phi) is 7.47. The lowest BCUT2D eigenvalue weighted by Gasteiger charge is -2.33. The number of hydrogen-bond acceptors (Lipinski definition) is 5. The van der Waals surface area contributed by atoms with Gasteiger partial charge < -0.3 is 20.1 Å². The van der Waals surface area contributed by atoms with Crippen molar-refractivity contribution < 1.29 is 14.6 Å². The molecule has 2 aromatic rings. The summed E-state index contributed by atoms with van der Waals surface area (Å²) in [5.41, 5.74) is 5.31. The second-order valence-electron chi connectivity index (χ2n) is 7.59. The summed E-state index contributed by atoms with van der Waals surface area (Å²) in [6.07, 6.45) is 10.5. The second-order valence-corrected chi connectivity index (χ2v) is 7.59. The number of nitrogens with zero attached hydrogens (tertiary/aromatic N) is 2. The summed E-state index contributed by atoms with van der Waals surface area (Å²) in [7, 11) is 3.89. The maximum atomic E-state index is 10.5. The van der Waals surface area contributed by atoms with Crippen LogP contribution >= 0.6 is 0 Å². The number of benzene rings is 1. The highest BCUT2D eigenvalue weighted by atomic mass is 16.5. The van der Waals surface area contributed by atoms with Gasteiger partial charge in [0.2, 0.25) is 0 Å². The number of nitrogens with one attached hydrogen (secondary N) is 1. The Morgan fingerprint density at radius 3 is 2.55 bits per heavy atom. The molecule has 1 aromatic carbocycles. The quantitative estimate of drug-likeness (QED) is 0.812. The largest absolute Gasteiger partial charge is 0.478 e. The van der Waals surface area contributed by atoms with Crippen LogP contribution in [0.5, 0.6) is 0 Å². The van der Waals surface area contributed by atoms with Gasteiger partial charge in [-0.3, -0.25) is 4.98 Å². The highest BCUT2D eigenvalue weighted by Crippen LogP contribution is 2.28. The Hall–Kier alpha value is -2.60. The van der Waals surface area contributed by atoms with Crippen LogP contribution in [0.2, 0.25) is 0 Å². The summed E-state index contributed by atoms with van der Waals surface area (Å²) in [5.74, 6) is -0.947. The van der Waals surface area contributed by atoms with Gasteiger partial charge in [0, 0.05) is 45.2 Å². The molecule has 0 atom stereocenters. The first-order valence-electron chi connectivity index (χ1n) is 10.4. The molecule has 0 saturated carbocycles. The van der Waals surface area contributed by atoms with E-state index in [1.54, 1.807) is 18.2 Å². The molecule has 0 radical (unpaired) electrons. The summed E-state index contributed by atoms with van der Waals surface area (Å²) >= 11 is 0. The zero-order valence-electron chi connectivity index (χ0n) is 17.4. The van der Waals surface area contributed by atoms with Gasteiger partial charge in [-0.25, -0.2) is 4.79 Å². The van der Waals surface area contributed by atoms with Gasteiger partial charge in [-0.2, -0.15) is 0 Å². The molecule has 0 bridgehead atoms. The third-order valence-corrected chi connectivity index (χ3v) is 5.80. The number of pyridine rings is 1. The normalized spacial score (nSPS) is 16.2. The van der Waals surface area contributed by atoms with Gasteiger partial charge in [-0.15, -0.1) is 0 Å². The molecule has 1 saturated heterocycles. The van der Waals surface area contributed by atoms with E-state index in [-0.39, 0.29) is 5.56 Å². The number of aromatic carboxylic acids is 1. The van der Waals surface area contributed by atoms with Crippen LogP contribution in [-0.4, -0.2) is 49.4 Å². The van der Waals surface area contributed by atoms with Crippen LogP contribution in [-0.2, 0) is 17.6 Å². The number of hydrogen-bond donors (Lipinski definition) is 2. The molecule has 1 aliphatic heterocycles. The molecule has 0 spiro atoms. The lowest BCUT2D eigenvalue weighted by molar-refractivity contribution is 0.0697. The Bertz CT molecular complexity index is 819. The van der Waals surface area contributed by atoms with Crippen molar-refractivity contribution >= 4 is 17.3 Å². The maximum absolute atomic E-state index is 10.5. The first-order valence-corrected chi connectivity index (χ1v) is 10.4. The number of carboxylic acids is 1. The minimum atomic E-state index is -0.947. The first-order chi connectivity index (χ1) is 14.1. The van der Waals surface area contributed by atoms with Gasteiger partial charge in [0.15, 0.2) is 0 Å². The van der Waals surface area contributed by atoms with Gasteiger partial charge in [0.1, 0.15) is 0 Å². The Morgan fingerprint density at radius 1 is 1.17 bits per heavy atom. The maximum Gasteiger partial charge on any atom is 0.337 e. The molecular formula is C23H31N3O3. The number of aromatic nitrogens is 1. The topological polar surface area (TPSA) is 74.7 Å². The average molecular weight is 398 g/mol. The smallest absolute Gasteiger partial charge is 0.337 e. The average Bonchev–Trinajstić information content (AvgIpc) is 2.79. The molecule has 6 nitrogen and oxygen atoms in total. The van der Waals surface area contributed by atoms with E-state index in [0.717, 1.165) is 26.1 Å². The number of fused-ring (bicyclic) bond motifs is 1. The minimum Gasteiger partial charge on any atom is -0.478 e. The van der Waals surface area contributed by atoms with Crippen LogP contribution in [0, 0.1) is 0 Å². The van der Waals surface area contributed by atoms with Crippen molar-refractivity contribution in [2.24, 2.45) is 0 Å². The van der Waals surface area contributed by atoms with Gasteiger partial charge in [0.25, 0.3) is 0 Å². The second kappa shape index (κ2) is 10.3. The standard InChI is InChI=1S/C16H23NO.C7H8N2O2/c1-17(15-8-10-18-11-9-15)16-7-6-13-4-2-3-5-14(13)12-16;1-8-6-4-9-3-2-5(6)7(10)11/h6-7,12,15H,2-5,8-11H2,1H3;2-4,8H,1H3,(H,10,11). The van der Waals surface area contributed by atoms with Crippen LogP contribution in [0.15, 0.2) is 36.7 Å². The third kappa shape index (κ3) is 5.48. The van der Waals surface area contributed by atoms with E-state index in [9.17, 15) is 4.79 Å². The summed E-state index contributed by atoms with van der Waals surface area (Å²) in [6.45, 7) is 1.83. The summed E-state index contributed by atoms with van der Waals surface area (Å²) < 4.78 is 5.45. The molecule has 29 heavy (non-hydrogen) atoms. The predicted molar refractivity (Wildman–Crippen MR) is 116 cm³/mol. The monoisotopic (exact) mass is 397 g/mol. The van der Waals surface area contributed by atoms with Crippen LogP contribution in [0.1, 0.15) is 47.2 Å². The summed E-state index contributed by atoms with van der Waals surface area (Å²) in [5, 5.41) is 11.4. The molecule has 156 valence electrons. The van der Waals surface area contributed by atoms with E-state index >= 15 is 0 Å². The Morgan fingerprint density at radius 2 is 1.90 bits per heavy atom. The SMILES string of the molecule is CN(c1ccc2c(c1)CCCC2)C1CCOCC1.CNc1cnccc1C(=O)O. The molecule has 0 amide bonds. The number of anilines is 2. The molecule has 2 N–H and O–H groups in total. The predicted octanol–water partition coefficient (Wildman–Crippen LogP) is 4.00. The van der Waals surface area contributed by atoms with Crippen molar-refractivity contribution in [2.45, 2.75) is 44.6 Å². The Labute approximate surface area is 172 Å². The number of rotatable bonds is 4. The highest BCUT2D eigenvalue weighted by Gasteiger charge is 2.20. The number of carbonyl (C=O) groups is 1. The molecule has 2 aliphatic rings. The molecule has 1 aliphatic carbocycles. The molecule has 1 aromatic heterocycles. The van der Waals surface area contributed by atoms with Crippen LogP contribution in [0.4, 0.5) is 11.4 Å². The third-order valence-electron chi connectivity index (χ3n) is 5.80. The van der Waals surface area contributed by atoms with E-state index in [0.29, 0.717) is 11.7 Å². The van der Waals surface area contributed by atoms with E-state index in [1.165, 1.54) is 49.8 Å². The van der Waals surface area contributed by atoms with Crippen molar-refractivity contribution in [3.8, 4) is 0 Å². The molecule has 2 heterocycles. The van der Waals surface area contributed by atoms with Crippen molar-refractivity contribution in [1.29, 1.82) is 0 Å². The zero-order valence-corrected chi connectivity index (χ0v) is 17.4. The molecule has 0 unspecified atom stereocenters. The Balaban J connectivity index is 0.000000188. The van der Waals surface area contributed by atoms with E-state index in [4.69, 9.17) is 9.84 Å². The zero-order chi connectivity index (χ0) is 20.6. The summed E-state index contributed by atoms with van der Waals surface area (Å²) in [4.78, 5) is 16.7. The van der Waals surface area contributed by atoms with Crippen molar-refractivity contribution in [3.05, 3.63) is 53.3 Å². The van der Waals surface area contributed by atoms with Crippen molar-refractivity contribution in [3.63, 3.8) is 0 Å². The van der Waals surface area contributed by atoms with E-state index in [2.05, 4.69) is 40.4 Å². The number of ether oxygens (including phenoxy) is 1. The lowest BCUT2D eigenvalue weighted by Crippen LogP contribution is -2.36. The lowest BCUT2D eigenvalue weighted by atomic mass is 9.91. The van der Waals surface area contributed by atoms with Gasteiger partial charge in [-0.1, -0.05) is 6.07 Å². The van der Waals surface area contributed by atoms with E-state index < -0.39 is 5.97 Å². The first kappa shape index (κ1) is 21.1.